The number of piperidine rings is 1. The van der Waals surface area contributed by atoms with Crippen LogP contribution in [0.5, 0.6) is 11.5 Å². The van der Waals surface area contributed by atoms with Crippen LogP contribution in [0.2, 0.25) is 5.15 Å². The van der Waals surface area contributed by atoms with E-state index < -0.39 is 0 Å². The first-order valence-electron chi connectivity index (χ1n) is 9.46. The summed E-state index contributed by atoms with van der Waals surface area (Å²) in [5, 5.41) is 5.36. The van der Waals surface area contributed by atoms with E-state index >= 15 is 0 Å². The molecule has 2 aromatic heterocycles. The summed E-state index contributed by atoms with van der Waals surface area (Å²) in [6.07, 6.45) is 8.39. The molecule has 7 heteroatoms. The number of hydrogen-bond acceptors (Lipinski definition) is 5. The number of rotatable bonds is 5. The lowest BCUT2D eigenvalue weighted by Crippen LogP contribution is -2.51. The molecule has 0 amide bonds. The maximum Gasteiger partial charge on any atom is 0.168 e. The molecule has 4 heterocycles. The maximum atomic E-state index is 6.17. The third-order valence-electron chi connectivity index (χ3n) is 5.63. The lowest BCUT2D eigenvalue weighted by Gasteiger charge is -2.41. The molecule has 5 rings (SSSR count). The molecule has 2 saturated heterocycles. The molecular weight excluding hydrogens is 352 g/mol. The average molecular weight is 375 g/mol. The molecule has 0 bridgehead atoms. The molecule has 2 aliphatic heterocycles. The number of pyridine rings is 1. The Kier molecular flexibility index (Phi) is 4.35. The van der Waals surface area contributed by atoms with Crippen molar-refractivity contribution >= 4 is 11.6 Å². The van der Waals surface area contributed by atoms with Crippen molar-refractivity contribution in [3.63, 3.8) is 0 Å². The summed E-state index contributed by atoms with van der Waals surface area (Å²) in [5.74, 6) is 2.02. The molecule has 2 aromatic rings. The fraction of sp³-hybridized carbons (Fsp3) is 0.579. The Morgan fingerprint density at radius 3 is 2.58 bits per heavy atom. The molecule has 0 unspecified atom stereocenters. The van der Waals surface area contributed by atoms with Gasteiger partial charge in [0.2, 0.25) is 0 Å². The van der Waals surface area contributed by atoms with Gasteiger partial charge in [-0.3, -0.25) is 9.58 Å². The molecule has 0 radical (unpaired) electrons. The minimum Gasteiger partial charge on any atom is -0.454 e. The van der Waals surface area contributed by atoms with Crippen molar-refractivity contribution in [3.8, 4) is 11.5 Å². The van der Waals surface area contributed by atoms with E-state index in [9.17, 15) is 0 Å². The lowest BCUT2D eigenvalue weighted by molar-refractivity contribution is -0.0713. The Labute approximate surface area is 158 Å². The Hall–Kier alpha value is -1.63. The molecule has 138 valence electrons. The zero-order chi connectivity index (χ0) is 17.5. The second-order valence-corrected chi connectivity index (χ2v) is 7.89. The van der Waals surface area contributed by atoms with Crippen LogP contribution >= 0.6 is 11.6 Å². The summed E-state index contributed by atoms with van der Waals surface area (Å²) in [7, 11) is 0. The van der Waals surface area contributed by atoms with Crippen LogP contribution in [-0.4, -0.2) is 52.0 Å². The summed E-state index contributed by atoms with van der Waals surface area (Å²) in [5.41, 5.74) is 1.09. The highest BCUT2D eigenvalue weighted by molar-refractivity contribution is 6.29. The number of aromatic nitrogens is 3. The molecule has 3 aliphatic rings. The first kappa shape index (κ1) is 16.5. The number of hydrogen-bond donors (Lipinski definition) is 0. The molecule has 1 saturated carbocycles. The third kappa shape index (κ3) is 3.33. The molecule has 6 nitrogen and oxygen atoms in total. The van der Waals surface area contributed by atoms with E-state index in [-0.39, 0.29) is 0 Å². The van der Waals surface area contributed by atoms with Crippen molar-refractivity contribution in [1.82, 2.24) is 19.7 Å². The van der Waals surface area contributed by atoms with Gasteiger partial charge in [0.15, 0.2) is 5.75 Å². The van der Waals surface area contributed by atoms with Crippen molar-refractivity contribution in [3.05, 3.63) is 35.4 Å². The van der Waals surface area contributed by atoms with Gasteiger partial charge in [0.25, 0.3) is 0 Å². The van der Waals surface area contributed by atoms with Crippen molar-refractivity contribution in [2.45, 2.75) is 43.7 Å². The summed E-state index contributed by atoms with van der Waals surface area (Å²) >= 11 is 6.00. The average Bonchev–Trinajstić information content (AvgIpc) is 3.36. The first-order valence-corrected chi connectivity index (χ1v) is 9.84. The molecule has 0 atom stereocenters. The quantitative estimate of drug-likeness (QED) is 0.748. The monoisotopic (exact) mass is 374 g/mol. The molecule has 0 N–H and O–H groups in total. The van der Waals surface area contributed by atoms with Crippen LogP contribution in [0.4, 0.5) is 0 Å². The minimum atomic E-state index is 0.440. The van der Waals surface area contributed by atoms with E-state index in [4.69, 9.17) is 26.2 Å². The topological polar surface area (TPSA) is 52.4 Å². The standard InChI is InChI=1S/C19H23ClN4O2/c20-18-9-16(3-6-21-18)26-17-10-24(14-1-2-14)22-19(17)13-4-7-23(8-5-13)15-11-25-12-15/h3,6,9-10,13-15H,1-2,4-5,7-8,11-12H2. The Morgan fingerprint density at radius 1 is 1.12 bits per heavy atom. The van der Waals surface area contributed by atoms with Crippen molar-refractivity contribution in [2.24, 2.45) is 0 Å². The number of nitrogens with zero attached hydrogens (tertiary/aromatic N) is 4. The van der Waals surface area contributed by atoms with Crippen LogP contribution in [0.3, 0.4) is 0 Å². The van der Waals surface area contributed by atoms with Crippen LogP contribution in [0.25, 0.3) is 0 Å². The van der Waals surface area contributed by atoms with Crippen LogP contribution < -0.4 is 4.74 Å². The van der Waals surface area contributed by atoms with Crippen LogP contribution in [-0.2, 0) is 4.74 Å². The van der Waals surface area contributed by atoms with E-state index in [1.54, 1.807) is 12.3 Å². The highest BCUT2D eigenvalue weighted by Crippen LogP contribution is 2.41. The predicted molar refractivity (Wildman–Crippen MR) is 98.0 cm³/mol. The zero-order valence-corrected chi connectivity index (χ0v) is 15.4. The summed E-state index contributed by atoms with van der Waals surface area (Å²) in [6, 6.07) is 4.75. The zero-order valence-electron chi connectivity index (χ0n) is 14.7. The van der Waals surface area contributed by atoms with E-state index in [1.165, 1.54) is 12.8 Å². The summed E-state index contributed by atoms with van der Waals surface area (Å²) in [4.78, 5) is 6.58. The SMILES string of the molecule is Clc1cc(Oc2cn(C3CC3)nc2C2CCN(C3COC3)CC2)ccn1. The van der Waals surface area contributed by atoms with Gasteiger partial charge < -0.3 is 9.47 Å². The molecule has 3 fully saturated rings. The van der Waals surface area contributed by atoms with Gasteiger partial charge in [0.1, 0.15) is 16.6 Å². The van der Waals surface area contributed by atoms with Crippen LogP contribution in [0.15, 0.2) is 24.5 Å². The second kappa shape index (κ2) is 6.83. The smallest absolute Gasteiger partial charge is 0.168 e. The molecular formula is C19H23ClN4O2. The summed E-state index contributed by atoms with van der Waals surface area (Å²) in [6.45, 7) is 3.99. The van der Waals surface area contributed by atoms with Crippen molar-refractivity contribution in [2.75, 3.05) is 26.3 Å². The van der Waals surface area contributed by atoms with Crippen LogP contribution in [0, 0.1) is 0 Å². The molecule has 0 aromatic carbocycles. The largest absolute Gasteiger partial charge is 0.454 e. The van der Waals surface area contributed by atoms with Gasteiger partial charge in [-0.1, -0.05) is 11.6 Å². The molecule has 1 aliphatic carbocycles. The van der Waals surface area contributed by atoms with Gasteiger partial charge >= 0.3 is 0 Å². The van der Waals surface area contributed by atoms with Gasteiger partial charge in [0.05, 0.1) is 31.5 Å². The number of halogens is 1. The van der Waals surface area contributed by atoms with Crippen molar-refractivity contribution < 1.29 is 9.47 Å². The Morgan fingerprint density at radius 2 is 1.92 bits per heavy atom. The summed E-state index contributed by atoms with van der Waals surface area (Å²) < 4.78 is 13.6. The number of likely N-dealkylation sites (tertiary alicyclic amines) is 1. The van der Waals surface area contributed by atoms with E-state index in [1.807, 2.05) is 6.07 Å². The fourth-order valence-electron chi connectivity index (χ4n) is 3.82. The van der Waals surface area contributed by atoms with E-state index in [0.717, 1.165) is 50.6 Å². The second-order valence-electron chi connectivity index (χ2n) is 7.51. The fourth-order valence-corrected chi connectivity index (χ4v) is 3.99. The highest BCUT2D eigenvalue weighted by atomic mass is 35.5. The van der Waals surface area contributed by atoms with Crippen LogP contribution in [0.1, 0.15) is 43.3 Å². The van der Waals surface area contributed by atoms with Gasteiger partial charge in [0, 0.05) is 18.2 Å². The van der Waals surface area contributed by atoms with E-state index in [0.29, 0.717) is 28.9 Å². The molecule has 0 spiro atoms. The third-order valence-corrected chi connectivity index (χ3v) is 5.83. The van der Waals surface area contributed by atoms with Gasteiger partial charge in [-0.05, 0) is 44.8 Å². The lowest BCUT2D eigenvalue weighted by atomic mass is 9.92. The normalized spacial score (nSPS) is 22.3. The first-order chi connectivity index (χ1) is 12.8. The molecule has 26 heavy (non-hydrogen) atoms. The van der Waals surface area contributed by atoms with E-state index in [2.05, 4.69) is 20.8 Å². The minimum absolute atomic E-state index is 0.440. The van der Waals surface area contributed by atoms with Gasteiger partial charge in [-0.2, -0.15) is 5.10 Å². The number of ether oxygens (including phenoxy) is 2. The predicted octanol–water partition coefficient (Wildman–Crippen LogP) is 3.64. The van der Waals surface area contributed by atoms with Gasteiger partial charge in [-0.15, -0.1) is 0 Å². The maximum absolute atomic E-state index is 6.17. The highest BCUT2D eigenvalue weighted by Gasteiger charge is 2.33. The van der Waals surface area contributed by atoms with Crippen molar-refractivity contribution in [1.29, 1.82) is 0 Å². The van der Waals surface area contributed by atoms with Gasteiger partial charge in [-0.25, -0.2) is 4.98 Å². The Bertz CT molecular complexity index is 780. The Balaban J connectivity index is 1.35.